The topological polar surface area (TPSA) is 83.9 Å². The van der Waals surface area contributed by atoms with E-state index in [-0.39, 0.29) is 18.6 Å². The van der Waals surface area contributed by atoms with Crippen molar-refractivity contribution in [2.45, 2.75) is 40.0 Å². The van der Waals surface area contributed by atoms with E-state index in [2.05, 4.69) is 13.8 Å². The van der Waals surface area contributed by atoms with Gasteiger partial charge in [0, 0.05) is 24.0 Å². The van der Waals surface area contributed by atoms with Crippen molar-refractivity contribution < 1.29 is 9.59 Å². The van der Waals surface area contributed by atoms with Gasteiger partial charge in [-0.3, -0.25) is 9.59 Å². The molecule has 0 bridgehead atoms. The number of fused-ring (bicyclic) bond motifs is 1. The first-order valence-corrected chi connectivity index (χ1v) is 8.99. The number of primary amides is 1. The van der Waals surface area contributed by atoms with Crippen molar-refractivity contribution in [1.82, 2.24) is 0 Å². The van der Waals surface area contributed by atoms with Crippen LogP contribution in [0.4, 0.5) is 0 Å². The number of hydrogen-bond donors (Lipinski definition) is 1. The molecule has 4 heteroatoms. The standard InChI is InChI=1S/C23H22N2O2/c1-13-12-20-19(23(25)27)10-9-18(22(20)14(13)2)16-6-4-7-17(15(16)3)21(26)8-5-11-24/h4,6-7,9-10H,5,8,12H2,1-3H3,(H2,25,27). The molecule has 2 N–H and O–H groups in total. The molecule has 1 aliphatic carbocycles. The minimum absolute atomic E-state index is 0.0234. The number of carbonyl (C=O) groups is 2. The zero-order valence-corrected chi connectivity index (χ0v) is 15.8. The lowest BCUT2D eigenvalue weighted by Gasteiger charge is -2.17. The number of rotatable bonds is 5. The maximum atomic E-state index is 12.5. The van der Waals surface area contributed by atoms with Crippen LogP contribution in [0.15, 0.2) is 35.9 Å². The minimum Gasteiger partial charge on any atom is -0.366 e. The van der Waals surface area contributed by atoms with Gasteiger partial charge in [0.05, 0.1) is 6.07 Å². The van der Waals surface area contributed by atoms with Gasteiger partial charge in [-0.25, -0.2) is 0 Å². The van der Waals surface area contributed by atoms with Gasteiger partial charge in [-0.15, -0.1) is 0 Å². The third kappa shape index (κ3) is 3.17. The second kappa shape index (κ2) is 7.20. The number of carbonyl (C=O) groups excluding carboxylic acids is 2. The number of nitrogens with two attached hydrogens (primary N) is 1. The lowest BCUT2D eigenvalue weighted by Crippen LogP contribution is -2.14. The van der Waals surface area contributed by atoms with Crippen molar-refractivity contribution in [3.05, 3.63) is 63.7 Å². The van der Waals surface area contributed by atoms with Gasteiger partial charge < -0.3 is 5.73 Å². The van der Waals surface area contributed by atoms with Gasteiger partial charge in [0.25, 0.3) is 0 Å². The largest absolute Gasteiger partial charge is 0.366 e. The lowest BCUT2D eigenvalue weighted by molar-refractivity contribution is 0.0980. The van der Waals surface area contributed by atoms with E-state index < -0.39 is 5.91 Å². The van der Waals surface area contributed by atoms with Crippen LogP contribution in [0.5, 0.6) is 0 Å². The fourth-order valence-electron chi connectivity index (χ4n) is 3.86. The molecule has 136 valence electrons. The Morgan fingerprint density at radius 2 is 1.81 bits per heavy atom. The van der Waals surface area contributed by atoms with E-state index in [0.29, 0.717) is 17.5 Å². The summed E-state index contributed by atoms with van der Waals surface area (Å²) in [4.78, 5) is 24.3. The maximum absolute atomic E-state index is 12.5. The highest BCUT2D eigenvalue weighted by Crippen LogP contribution is 2.42. The minimum atomic E-state index is -0.419. The monoisotopic (exact) mass is 358 g/mol. The molecule has 0 aromatic heterocycles. The van der Waals surface area contributed by atoms with Gasteiger partial charge in [-0.05, 0) is 66.6 Å². The fraction of sp³-hybridized carbons (Fsp3) is 0.261. The highest BCUT2D eigenvalue weighted by Gasteiger charge is 2.25. The predicted octanol–water partition coefficient (Wildman–Crippen LogP) is 4.60. The predicted molar refractivity (Wildman–Crippen MR) is 106 cm³/mol. The quantitative estimate of drug-likeness (QED) is 0.793. The van der Waals surface area contributed by atoms with Gasteiger partial charge in [-0.1, -0.05) is 29.8 Å². The van der Waals surface area contributed by atoms with E-state index in [1.54, 1.807) is 6.07 Å². The van der Waals surface area contributed by atoms with Crippen LogP contribution in [-0.2, 0) is 6.42 Å². The maximum Gasteiger partial charge on any atom is 0.249 e. The molecule has 0 spiro atoms. The van der Waals surface area contributed by atoms with Crippen LogP contribution in [0.1, 0.15) is 64.1 Å². The van der Waals surface area contributed by atoms with Crippen molar-refractivity contribution in [3.63, 3.8) is 0 Å². The molecule has 0 saturated heterocycles. The fourth-order valence-corrected chi connectivity index (χ4v) is 3.86. The van der Waals surface area contributed by atoms with Crippen molar-refractivity contribution in [2.75, 3.05) is 0 Å². The van der Waals surface area contributed by atoms with E-state index in [9.17, 15) is 9.59 Å². The Balaban J connectivity index is 2.19. The molecule has 2 aromatic carbocycles. The molecule has 4 nitrogen and oxygen atoms in total. The zero-order chi connectivity index (χ0) is 19.7. The molecule has 2 aromatic rings. The SMILES string of the molecule is CC1=C(C)c2c(-c3cccc(C(=O)CCC#N)c3C)ccc(C(N)=O)c2C1. The van der Waals surface area contributed by atoms with Crippen LogP contribution in [0.3, 0.4) is 0 Å². The van der Waals surface area contributed by atoms with Crippen LogP contribution >= 0.6 is 0 Å². The first-order valence-electron chi connectivity index (χ1n) is 8.99. The normalized spacial score (nSPS) is 12.7. The number of ketones is 1. The average molecular weight is 358 g/mol. The highest BCUT2D eigenvalue weighted by molar-refractivity contribution is 6.02. The Morgan fingerprint density at radius 1 is 1.07 bits per heavy atom. The number of hydrogen-bond acceptors (Lipinski definition) is 3. The summed E-state index contributed by atoms with van der Waals surface area (Å²) in [5, 5.41) is 8.75. The third-order valence-electron chi connectivity index (χ3n) is 5.42. The van der Waals surface area contributed by atoms with Crippen LogP contribution in [0.2, 0.25) is 0 Å². The third-order valence-corrected chi connectivity index (χ3v) is 5.42. The van der Waals surface area contributed by atoms with Crippen LogP contribution < -0.4 is 5.73 Å². The van der Waals surface area contributed by atoms with Crippen molar-refractivity contribution in [1.29, 1.82) is 5.26 Å². The van der Waals surface area contributed by atoms with E-state index in [4.69, 9.17) is 11.0 Å². The molecule has 3 rings (SSSR count). The van der Waals surface area contributed by atoms with Crippen molar-refractivity contribution >= 4 is 17.3 Å². The molecule has 0 fully saturated rings. The molecule has 0 aliphatic heterocycles. The average Bonchev–Trinajstić information content (AvgIpc) is 2.94. The van der Waals surface area contributed by atoms with E-state index in [0.717, 1.165) is 33.4 Å². The Kier molecular flexibility index (Phi) is 4.96. The lowest BCUT2D eigenvalue weighted by atomic mass is 9.87. The molecule has 0 atom stereocenters. The Hall–Kier alpha value is -3.19. The first kappa shape index (κ1) is 18.6. The van der Waals surface area contributed by atoms with Gasteiger partial charge in [0.1, 0.15) is 0 Å². The van der Waals surface area contributed by atoms with E-state index >= 15 is 0 Å². The highest BCUT2D eigenvalue weighted by atomic mass is 16.1. The van der Waals surface area contributed by atoms with Crippen LogP contribution in [0.25, 0.3) is 16.7 Å². The molecule has 1 amide bonds. The zero-order valence-electron chi connectivity index (χ0n) is 15.8. The Bertz CT molecular complexity index is 1040. The molecule has 0 unspecified atom stereocenters. The molecule has 0 radical (unpaired) electrons. The van der Waals surface area contributed by atoms with Gasteiger partial charge >= 0.3 is 0 Å². The van der Waals surface area contributed by atoms with Crippen LogP contribution in [-0.4, -0.2) is 11.7 Å². The molecule has 1 aliphatic rings. The van der Waals surface area contributed by atoms with Gasteiger partial charge in [-0.2, -0.15) is 5.26 Å². The summed E-state index contributed by atoms with van der Waals surface area (Å²) >= 11 is 0. The molecular formula is C23H22N2O2. The summed E-state index contributed by atoms with van der Waals surface area (Å²) < 4.78 is 0. The summed E-state index contributed by atoms with van der Waals surface area (Å²) in [6, 6.07) is 11.4. The summed E-state index contributed by atoms with van der Waals surface area (Å²) in [7, 11) is 0. The number of allylic oxidation sites excluding steroid dienone is 2. The Labute approximate surface area is 159 Å². The first-order chi connectivity index (χ1) is 12.9. The number of benzene rings is 2. The van der Waals surface area contributed by atoms with Gasteiger partial charge in [0.15, 0.2) is 5.78 Å². The second-order valence-corrected chi connectivity index (χ2v) is 7.02. The number of Topliss-reactive ketones (excluding diaryl/α,β-unsaturated/α-hetero) is 1. The van der Waals surface area contributed by atoms with E-state index in [1.807, 2.05) is 37.3 Å². The molecule has 0 saturated carbocycles. The Morgan fingerprint density at radius 3 is 2.48 bits per heavy atom. The van der Waals surface area contributed by atoms with E-state index in [1.165, 1.54) is 5.57 Å². The number of nitriles is 1. The summed E-state index contributed by atoms with van der Waals surface area (Å²) in [6.07, 6.45) is 1.15. The molecule has 0 heterocycles. The summed E-state index contributed by atoms with van der Waals surface area (Å²) in [6.45, 7) is 6.06. The summed E-state index contributed by atoms with van der Waals surface area (Å²) in [5.74, 6) is -0.442. The van der Waals surface area contributed by atoms with Crippen molar-refractivity contribution in [2.24, 2.45) is 5.73 Å². The van der Waals surface area contributed by atoms with Crippen LogP contribution in [0, 0.1) is 18.3 Å². The van der Waals surface area contributed by atoms with Crippen molar-refractivity contribution in [3.8, 4) is 17.2 Å². The summed E-state index contributed by atoms with van der Waals surface area (Å²) in [5.41, 5.74) is 14.1. The second-order valence-electron chi connectivity index (χ2n) is 7.02. The van der Waals surface area contributed by atoms with Gasteiger partial charge in [0.2, 0.25) is 5.91 Å². The smallest absolute Gasteiger partial charge is 0.249 e. The molecular weight excluding hydrogens is 336 g/mol. The number of amides is 1. The molecule has 27 heavy (non-hydrogen) atoms. The number of nitrogens with zero attached hydrogens (tertiary/aromatic N) is 1.